The van der Waals surface area contributed by atoms with Crippen LogP contribution in [0, 0.1) is 0 Å². The van der Waals surface area contributed by atoms with Gasteiger partial charge in [0.25, 0.3) is 0 Å². The Morgan fingerprint density at radius 1 is 1.16 bits per heavy atom. The Balaban J connectivity index is 1.56. The molecule has 9 heteroatoms. The van der Waals surface area contributed by atoms with Crippen molar-refractivity contribution in [3.05, 3.63) is 63.6 Å². The molecule has 172 valence electrons. The molecule has 1 aliphatic heterocycles. The maximum absolute atomic E-state index is 12.3. The molecule has 0 aromatic heterocycles. The zero-order chi connectivity index (χ0) is 23.1. The van der Waals surface area contributed by atoms with Crippen molar-refractivity contribution in [1.29, 1.82) is 0 Å². The molecule has 0 radical (unpaired) electrons. The van der Waals surface area contributed by atoms with Crippen LogP contribution in [0.4, 0.5) is 0 Å². The van der Waals surface area contributed by atoms with E-state index in [1.807, 2.05) is 36.4 Å². The molecule has 0 unspecified atom stereocenters. The number of rotatable bonds is 9. The number of ether oxygens (including phenoxy) is 1. The summed E-state index contributed by atoms with van der Waals surface area (Å²) < 4.78 is 7.64. The van der Waals surface area contributed by atoms with Gasteiger partial charge in [0.1, 0.15) is 0 Å². The second kappa shape index (κ2) is 11.9. The fraction of sp³-hybridized carbons (Fsp3) is 0.391. The number of carbonyl (C=O) groups is 2. The normalized spacial score (nSPS) is 16.7. The summed E-state index contributed by atoms with van der Waals surface area (Å²) in [7, 11) is 0. The number of halogens is 2. The fourth-order valence-electron chi connectivity index (χ4n) is 3.44. The zero-order valence-corrected chi connectivity index (χ0v) is 20.1. The highest BCUT2D eigenvalue weighted by molar-refractivity contribution is 7.97. The highest BCUT2D eigenvalue weighted by Gasteiger charge is 2.25. The maximum atomic E-state index is 12.3. The number of aryl methyl sites for hydroxylation is 1. The number of carboxylic acids is 1. The van der Waals surface area contributed by atoms with E-state index >= 15 is 0 Å². The van der Waals surface area contributed by atoms with Gasteiger partial charge in [-0.25, -0.2) is 0 Å². The predicted molar refractivity (Wildman–Crippen MR) is 127 cm³/mol. The summed E-state index contributed by atoms with van der Waals surface area (Å²) in [5.41, 5.74) is 2.04. The van der Waals surface area contributed by atoms with Crippen LogP contribution in [0.2, 0.25) is 10.0 Å². The van der Waals surface area contributed by atoms with Gasteiger partial charge in [-0.3, -0.25) is 18.8 Å². The number of carboxylic acid groups (broad SMARTS) is 1. The Kier molecular flexibility index (Phi) is 9.25. The highest BCUT2D eigenvalue weighted by atomic mass is 35.5. The standard InChI is InChI=1S/C23H26Cl2N2O4S/c1-16(28)27(32-20-6-2-17(3-7-20)5-9-23(29)30)15-19-14-26(10-11-31-19)13-18-4-8-21(24)22(25)12-18/h2-4,6-8,12,19H,5,9-11,13-15H2,1H3,(H,29,30)/t19-/m0/s1. The van der Waals surface area contributed by atoms with E-state index in [2.05, 4.69) is 4.90 Å². The lowest BCUT2D eigenvalue weighted by molar-refractivity contribution is -0.137. The van der Waals surface area contributed by atoms with E-state index in [-0.39, 0.29) is 18.4 Å². The van der Waals surface area contributed by atoms with Crippen molar-refractivity contribution in [3.63, 3.8) is 0 Å². The van der Waals surface area contributed by atoms with Crippen LogP contribution in [0.15, 0.2) is 47.4 Å². The topological polar surface area (TPSA) is 70.1 Å². The van der Waals surface area contributed by atoms with Crippen molar-refractivity contribution < 1.29 is 19.4 Å². The van der Waals surface area contributed by atoms with E-state index in [0.29, 0.717) is 36.2 Å². The summed E-state index contributed by atoms with van der Waals surface area (Å²) in [6.45, 7) is 4.87. The molecule has 0 spiro atoms. The van der Waals surface area contributed by atoms with E-state index in [9.17, 15) is 9.59 Å². The van der Waals surface area contributed by atoms with Gasteiger partial charge in [-0.1, -0.05) is 41.4 Å². The van der Waals surface area contributed by atoms with Crippen molar-refractivity contribution in [2.24, 2.45) is 0 Å². The molecular formula is C23H26Cl2N2O4S. The fourth-order valence-corrected chi connectivity index (χ4v) is 4.64. The van der Waals surface area contributed by atoms with Crippen molar-refractivity contribution >= 4 is 47.0 Å². The minimum atomic E-state index is -0.813. The summed E-state index contributed by atoms with van der Waals surface area (Å²) >= 11 is 13.5. The van der Waals surface area contributed by atoms with Gasteiger partial charge in [-0.2, -0.15) is 0 Å². The highest BCUT2D eigenvalue weighted by Crippen LogP contribution is 2.26. The molecule has 1 saturated heterocycles. The molecule has 32 heavy (non-hydrogen) atoms. The van der Waals surface area contributed by atoms with E-state index in [4.69, 9.17) is 33.0 Å². The monoisotopic (exact) mass is 496 g/mol. The first-order valence-corrected chi connectivity index (χ1v) is 11.9. The molecule has 1 atom stereocenters. The zero-order valence-electron chi connectivity index (χ0n) is 17.8. The molecule has 0 aliphatic carbocycles. The van der Waals surface area contributed by atoms with Gasteiger partial charge in [0.15, 0.2) is 0 Å². The Bertz CT molecular complexity index is 942. The first-order chi connectivity index (χ1) is 15.3. The van der Waals surface area contributed by atoms with E-state index in [1.54, 1.807) is 17.3 Å². The second-order valence-corrected chi connectivity index (χ2v) is 9.59. The van der Waals surface area contributed by atoms with Gasteiger partial charge < -0.3 is 9.84 Å². The largest absolute Gasteiger partial charge is 0.481 e. The summed E-state index contributed by atoms with van der Waals surface area (Å²) in [5.74, 6) is -0.859. The van der Waals surface area contributed by atoms with Gasteiger partial charge in [0.05, 0.1) is 29.3 Å². The van der Waals surface area contributed by atoms with Crippen molar-refractivity contribution in [3.8, 4) is 0 Å². The van der Waals surface area contributed by atoms with Crippen LogP contribution in [0.5, 0.6) is 0 Å². The summed E-state index contributed by atoms with van der Waals surface area (Å²) in [4.78, 5) is 26.2. The number of hydrogen-bond donors (Lipinski definition) is 1. The van der Waals surface area contributed by atoms with Gasteiger partial charge >= 0.3 is 5.97 Å². The van der Waals surface area contributed by atoms with E-state index in [1.165, 1.54) is 11.9 Å². The third kappa shape index (κ3) is 7.67. The lowest BCUT2D eigenvalue weighted by atomic mass is 10.1. The van der Waals surface area contributed by atoms with Crippen molar-refractivity contribution in [2.75, 3.05) is 26.2 Å². The lowest BCUT2D eigenvalue weighted by Gasteiger charge is -2.35. The maximum Gasteiger partial charge on any atom is 0.303 e. The minimum absolute atomic E-state index is 0.0461. The summed E-state index contributed by atoms with van der Waals surface area (Å²) in [6.07, 6.45) is 0.489. The molecule has 1 heterocycles. The van der Waals surface area contributed by atoms with Crippen LogP contribution < -0.4 is 0 Å². The van der Waals surface area contributed by atoms with Crippen molar-refractivity contribution in [2.45, 2.75) is 37.3 Å². The average Bonchev–Trinajstić information content (AvgIpc) is 2.75. The molecule has 2 aromatic carbocycles. The predicted octanol–water partition coefficient (Wildman–Crippen LogP) is 4.77. The average molecular weight is 497 g/mol. The van der Waals surface area contributed by atoms with Crippen LogP contribution in [-0.4, -0.2) is 58.5 Å². The quantitative estimate of drug-likeness (QED) is 0.504. The SMILES string of the molecule is CC(=O)N(C[C@@H]1CN(Cc2ccc(Cl)c(Cl)c2)CCO1)Sc1ccc(CCC(=O)O)cc1. The first-order valence-electron chi connectivity index (χ1n) is 10.3. The molecule has 2 aromatic rings. The van der Waals surface area contributed by atoms with Gasteiger partial charge in [0.2, 0.25) is 5.91 Å². The number of nitrogens with zero attached hydrogens (tertiary/aromatic N) is 2. The molecule has 1 amide bonds. The molecule has 3 rings (SSSR count). The Morgan fingerprint density at radius 2 is 1.88 bits per heavy atom. The summed E-state index contributed by atoms with van der Waals surface area (Å²) in [5, 5.41) is 9.90. The van der Waals surface area contributed by atoms with Crippen LogP contribution in [0.3, 0.4) is 0 Å². The second-order valence-electron chi connectivity index (χ2n) is 7.69. The lowest BCUT2D eigenvalue weighted by Crippen LogP contribution is -2.46. The van der Waals surface area contributed by atoms with Crippen LogP contribution in [0.25, 0.3) is 0 Å². The Hall–Kier alpha value is -1.77. The summed E-state index contributed by atoms with van der Waals surface area (Å²) in [6, 6.07) is 13.3. The van der Waals surface area contributed by atoms with E-state index in [0.717, 1.165) is 29.1 Å². The molecule has 1 fully saturated rings. The number of amides is 1. The minimum Gasteiger partial charge on any atom is -0.481 e. The third-order valence-corrected chi connectivity index (χ3v) is 6.95. The van der Waals surface area contributed by atoms with E-state index < -0.39 is 5.97 Å². The third-order valence-electron chi connectivity index (χ3n) is 5.10. The number of benzene rings is 2. The van der Waals surface area contributed by atoms with Gasteiger partial charge in [-0.15, -0.1) is 0 Å². The van der Waals surface area contributed by atoms with Crippen LogP contribution in [0.1, 0.15) is 24.5 Å². The van der Waals surface area contributed by atoms with Gasteiger partial charge in [0, 0.05) is 37.9 Å². The van der Waals surface area contributed by atoms with Gasteiger partial charge in [-0.05, 0) is 53.8 Å². The molecule has 0 saturated carbocycles. The number of hydrogen-bond acceptors (Lipinski definition) is 5. The molecule has 1 aliphatic rings. The smallest absolute Gasteiger partial charge is 0.303 e. The Labute approximate surface area is 202 Å². The molecular weight excluding hydrogens is 471 g/mol. The van der Waals surface area contributed by atoms with Crippen molar-refractivity contribution in [1.82, 2.24) is 9.21 Å². The number of morpholine rings is 1. The Morgan fingerprint density at radius 3 is 2.53 bits per heavy atom. The van der Waals surface area contributed by atoms with Crippen LogP contribution >= 0.6 is 35.1 Å². The number of aliphatic carboxylic acids is 1. The number of carbonyl (C=O) groups excluding carboxylic acids is 1. The molecule has 0 bridgehead atoms. The molecule has 1 N–H and O–H groups in total. The molecule has 6 nitrogen and oxygen atoms in total. The first kappa shape index (κ1) is 24.9. The van der Waals surface area contributed by atoms with Crippen LogP contribution in [-0.2, 0) is 27.3 Å².